The van der Waals surface area contributed by atoms with E-state index in [1.807, 2.05) is 39.0 Å². The predicted molar refractivity (Wildman–Crippen MR) is 110 cm³/mol. The average molecular weight is 423 g/mol. The SMILES string of the molecule is Cc1ccc(C)c(-n2nc(C)c(/C=N\NC(=O)C[C@@H]3CCS(=O)(=O)C3)c2Cl)c1. The zero-order chi connectivity index (χ0) is 20.5. The van der Waals surface area contributed by atoms with Gasteiger partial charge in [0.2, 0.25) is 5.91 Å². The van der Waals surface area contributed by atoms with E-state index in [2.05, 4.69) is 15.6 Å². The summed E-state index contributed by atoms with van der Waals surface area (Å²) in [4.78, 5) is 12.0. The fraction of sp³-hybridized carbons (Fsp3) is 0.421. The van der Waals surface area contributed by atoms with Crippen LogP contribution in [0.2, 0.25) is 5.15 Å². The van der Waals surface area contributed by atoms with E-state index >= 15 is 0 Å². The van der Waals surface area contributed by atoms with E-state index in [9.17, 15) is 13.2 Å². The number of carbonyl (C=O) groups is 1. The lowest BCUT2D eigenvalue weighted by molar-refractivity contribution is -0.121. The number of amides is 1. The number of sulfone groups is 1. The van der Waals surface area contributed by atoms with E-state index < -0.39 is 9.84 Å². The second-order valence-corrected chi connectivity index (χ2v) is 9.84. The number of benzene rings is 1. The summed E-state index contributed by atoms with van der Waals surface area (Å²) in [5, 5.41) is 8.88. The normalized spacial score (nSPS) is 18.6. The van der Waals surface area contributed by atoms with E-state index in [0.717, 1.165) is 16.8 Å². The molecule has 1 amide bonds. The first-order valence-electron chi connectivity index (χ1n) is 9.01. The molecule has 0 aliphatic carbocycles. The molecule has 2 aromatic rings. The Morgan fingerprint density at radius 3 is 2.82 bits per heavy atom. The molecule has 1 aliphatic rings. The molecule has 28 heavy (non-hydrogen) atoms. The third-order valence-electron chi connectivity index (χ3n) is 4.82. The van der Waals surface area contributed by atoms with Crippen molar-refractivity contribution in [3.05, 3.63) is 45.7 Å². The minimum absolute atomic E-state index is 0.0671. The van der Waals surface area contributed by atoms with Crippen LogP contribution in [0, 0.1) is 26.7 Å². The highest BCUT2D eigenvalue weighted by atomic mass is 35.5. The summed E-state index contributed by atoms with van der Waals surface area (Å²) in [6.45, 7) is 5.81. The van der Waals surface area contributed by atoms with E-state index in [4.69, 9.17) is 11.6 Å². The van der Waals surface area contributed by atoms with Gasteiger partial charge in [-0.15, -0.1) is 0 Å². The van der Waals surface area contributed by atoms with Gasteiger partial charge in [-0.3, -0.25) is 4.79 Å². The Hall–Kier alpha value is -2.19. The average Bonchev–Trinajstić information content (AvgIpc) is 3.09. The van der Waals surface area contributed by atoms with Crippen LogP contribution in [-0.2, 0) is 14.6 Å². The van der Waals surface area contributed by atoms with E-state index in [1.54, 1.807) is 4.68 Å². The van der Waals surface area contributed by atoms with Crippen molar-refractivity contribution in [3.8, 4) is 5.69 Å². The first kappa shape index (κ1) is 20.5. The van der Waals surface area contributed by atoms with Gasteiger partial charge in [-0.25, -0.2) is 18.5 Å². The number of nitrogens with one attached hydrogen (secondary N) is 1. The van der Waals surface area contributed by atoms with Crippen molar-refractivity contribution in [2.24, 2.45) is 11.0 Å². The van der Waals surface area contributed by atoms with Crippen LogP contribution < -0.4 is 5.43 Å². The predicted octanol–water partition coefficient (Wildman–Crippen LogP) is 2.73. The lowest BCUT2D eigenvalue weighted by Crippen LogP contribution is -2.21. The van der Waals surface area contributed by atoms with Crippen molar-refractivity contribution in [1.29, 1.82) is 0 Å². The summed E-state index contributed by atoms with van der Waals surface area (Å²) in [6, 6.07) is 6.04. The molecule has 1 fully saturated rings. The number of hydrogen-bond acceptors (Lipinski definition) is 5. The molecule has 150 valence electrons. The molecule has 0 spiro atoms. The third-order valence-corrected chi connectivity index (χ3v) is 7.03. The molecule has 1 aliphatic heterocycles. The fourth-order valence-electron chi connectivity index (χ4n) is 3.27. The van der Waals surface area contributed by atoms with E-state index in [-0.39, 0.29) is 29.8 Å². The smallest absolute Gasteiger partial charge is 0.240 e. The molecular weight excluding hydrogens is 400 g/mol. The third kappa shape index (κ3) is 4.62. The zero-order valence-electron chi connectivity index (χ0n) is 16.1. The molecule has 1 N–H and O–H groups in total. The molecule has 1 saturated heterocycles. The Morgan fingerprint density at radius 1 is 1.39 bits per heavy atom. The molecule has 3 rings (SSSR count). The monoisotopic (exact) mass is 422 g/mol. The first-order chi connectivity index (χ1) is 13.2. The van der Waals surface area contributed by atoms with Gasteiger partial charge in [0.15, 0.2) is 9.84 Å². The topological polar surface area (TPSA) is 93.4 Å². The largest absolute Gasteiger partial charge is 0.273 e. The van der Waals surface area contributed by atoms with E-state index in [1.165, 1.54) is 6.21 Å². The molecule has 7 nitrogen and oxygen atoms in total. The van der Waals surface area contributed by atoms with Crippen LogP contribution in [0.15, 0.2) is 23.3 Å². The van der Waals surface area contributed by atoms with Gasteiger partial charge in [0, 0.05) is 6.42 Å². The Labute approximate surface area is 169 Å². The maximum Gasteiger partial charge on any atom is 0.240 e. The second kappa shape index (κ2) is 8.05. The van der Waals surface area contributed by atoms with Gasteiger partial charge >= 0.3 is 0 Å². The van der Waals surface area contributed by atoms with Gasteiger partial charge in [-0.2, -0.15) is 10.2 Å². The van der Waals surface area contributed by atoms with Crippen LogP contribution in [0.1, 0.15) is 35.2 Å². The lowest BCUT2D eigenvalue weighted by atomic mass is 10.1. The summed E-state index contributed by atoms with van der Waals surface area (Å²) in [5.41, 5.74) is 6.78. The van der Waals surface area contributed by atoms with Gasteiger partial charge in [0.05, 0.1) is 34.7 Å². The molecule has 1 aromatic heterocycles. The Bertz CT molecular complexity index is 1040. The number of hydrazone groups is 1. The number of aromatic nitrogens is 2. The summed E-state index contributed by atoms with van der Waals surface area (Å²) in [6.07, 6.45) is 2.13. The number of rotatable bonds is 5. The van der Waals surface area contributed by atoms with Crippen molar-refractivity contribution in [1.82, 2.24) is 15.2 Å². The van der Waals surface area contributed by atoms with Crippen LogP contribution in [0.25, 0.3) is 5.69 Å². The highest BCUT2D eigenvalue weighted by Gasteiger charge is 2.29. The summed E-state index contributed by atoms with van der Waals surface area (Å²) in [7, 11) is -2.99. The molecule has 2 heterocycles. The van der Waals surface area contributed by atoms with Crippen molar-refractivity contribution >= 4 is 33.6 Å². The molecule has 0 unspecified atom stereocenters. The van der Waals surface area contributed by atoms with Gasteiger partial charge in [-0.1, -0.05) is 23.7 Å². The standard InChI is InChI=1S/C19H23ClN4O3S/c1-12-4-5-13(2)17(8-12)24-19(20)16(14(3)23-24)10-21-22-18(25)9-15-6-7-28(26,27)11-15/h4-5,8,10,15H,6-7,9,11H2,1-3H3,(H,22,25)/b21-10-/t15-/m0/s1. The van der Waals surface area contributed by atoms with Gasteiger partial charge in [-0.05, 0) is 50.3 Å². The van der Waals surface area contributed by atoms with Gasteiger partial charge in [0.25, 0.3) is 0 Å². The van der Waals surface area contributed by atoms with Crippen molar-refractivity contribution in [2.45, 2.75) is 33.6 Å². The minimum Gasteiger partial charge on any atom is -0.273 e. The lowest BCUT2D eigenvalue weighted by Gasteiger charge is -2.08. The van der Waals surface area contributed by atoms with Crippen LogP contribution in [0.4, 0.5) is 0 Å². The van der Waals surface area contributed by atoms with Crippen molar-refractivity contribution in [2.75, 3.05) is 11.5 Å². The first-order valence-corrected chi connectivity index (χ1v) is 11.2. The quantitative estimate of drug-likeness (QED) is 0.592. The van der Waals surface area contributed by atoms with Crippen LogP contribution in [0.5, 0.6) is 0 Å². The Morgan fingerprint density at radius 2 is 2.14 bits per heavy atom. The van der Waals surface area contributed by atoms with Crippen molar-refractivity contribution in [3.63, 3.8) is 0 Å². The highest BCUT2D eigenvalue weighted by Crippen LogP contribution is 2.25. The maximum atomic E-state index is 12.0. The Kier molecular flexibility index (Phi) is 5.90. The molecule has 1 aromatic carbocycles. The van der Waals surface area contributed by atoms with Crippen LogP contribution >= 0.6 is 11.6 Å². The Balaban J connectivity index is 1.70. The summed E-state index contributed by atoms with van der Waals surface area (Å²) >= 11 is 6.50. The number of halogens is 1. The highest BCUT2D eigenvalue weighted by molar-refractivity contribution is 7.91. The molecule has 0 bridgehead atoms. The number of hydrogen-bond donors (Lipinski definition) is 1. The molecular formula is C19H23ClN4O3S. The summed E-state index contributed by atoms with van der Waals surface area (Å²) < 4.78 is 24.6. The van der Waals surface area contributed by atoms with Crippen LogP contribution in [-0.4, -0.2) is 41.8 Å². The zero-order valence-corrected chi connectivity index (χ0v) is 17.6. The van der Waals surface area contributed by atoms with Crippen LogP contribution in [0.3, 0.4) is 0 Å². The molecule has 1 atom stereocenters. The number of aryl methyl sites for hydroxylation is 3. The molecule has 0 saturated carbocycles. The van der Waals surface area contributed by atoms with E-state index in [0.29, 0.717) is 22.8 Å². The van der Waals surface area contributed by atoms with Gasteiger partial charge < -0.3 is 0 Å². The molecule has 0 radical (unpaired) electrons. The fourth-order valence-corrected chi connectivity index (χ4v) is 5.45. The second-order valence-electron chi connectivity index (χ2n) is 7.26. The number of nitrogens with zero attached hydrogens (tertiary/aromatic N) is 3. The summed E-state index contributed by atoms with van der Waals surface area (Å²) in [5.74, 6) is -0.232. The van der Waals surface area contributed by atoms with Gasteiger partial charge in [0.1, 0.15) is 5.15 Å². The van der Waals surface area contributed by atoms with Crippen molar-refractivity contribution < 1.29 is 13.2 Å². The molecule has 9 heteroatoms. The minimum atomic E-state index is -2.99. The number of carbonyl (C=O) groups excluding carboxylic acids is 1. The maximum absolute atomic E-state index is 12.0.